The van der Waals surface area contributed by atoms with Gasteiger partial charge in [-0.05, 0) is 51.8 Å². The largest absolute Gasteiger partial charge is 0.482 e. The van der Waals surface area contributed by atoms with Gasteiger partial charge in [0.25, 0.3) is 5.91 Å². The molecular weight excluding hydrogens is 306 g/mol. The van der Waals surface area contributed by atoms with Gasteiger partial charge < -0.3 is 15.4 Å². The first kappa shape index (κ1) is 18.3. The van der Waals surface area contributed by atoms with Crippen molar-refractivity contribution < 1.29 is 14.3 Å². The van der Waals surface area contributed by atoms with E-state index >= 15 is 0 Å². The van der Waals surface area contributed by atoms with Gasteiger partial charge in [0.1, 0.15) is 5.75 Å². The summed E-state index contributed by atoms with van der Waals surface area (Å²) < 4.78 is 5.36. The second-order valence-electron chi connectivity index (χ2n) is 6.93. The van der Waals surface area contributed by atoms with Crippen molar-refractivity contribution in [2.45, 2.75) is 58.7 Å². The molecule has 1 aliphatic rings. The highest BCUT2D eigenvalue weighted by molar-refractivity contribution is 5.95. The number of amides is 2. The van der Waals surface area contributed by atoms with Crippen LogP contribution < -0.4 is 20.7 Å². The molecule has 6 heteroatoms. The van der Waals surface area contributed by atoms with Crippen molar-refractivity contribution in [3.63, 3.8) is 0 Å². The van der Waals surface area contributed by atoms with E-state index in [0.29, 0.717) is 11.4 Å². The molecule has 1 heterocycles. The van der Waals surface area contributed by atoms with Gasteiger partial charge in [0, 0.05) is 11.6 Å². The highest BCUT2D eigenvalue weighted by atomic mass is 16.5. The van der Waals surface area contributed by atoms with Gasteiger partial charge in [0.05, 0.1) is 11.7 Å². The molecule has 1 aliphatic heterocycles. The third kappa shape index (κ3) is 4.47. The minimum atomic E-state index is -0.326. The Bertz CT molecular complexity index is 628. The number of carbonyl (C=O) groups is 2. The van der Waals surface area contributed by atoms with Crippen LogP contribution in [-0.4, -0.2) is 30.0 Å². The standard InChI is InChI=1S/C18H27N3O3/c1-6-18(4,5)21-17(23)12(3)19-11(2)13-7-8-15-14(9-13)20-16(22)10-24-15/h7-9,11-12,19H,6,10H2,1-5H3,(H,20,22)(H,21,23)/t11-,12-/m1/s1. The van der Waals surface area contributed by atoms with Gasteiger partial charge in [-0.2, -0.15) is 0 Å². The summed E-state index contributed by atoms with van der Waals surface area (Å²) >= 11 is 0. The molecule has 0 unspecified atom stereocenters. The van der Waals surface area contributed by atoms with Crippen LogP contribution >= 0.6 is 0 Å². The normalized spacial score (nSPS) is 16.5. The van der Waals surface area contributed by atoms with Crippen LogP contribution in [0.1, 0.15) is 52.6 Å². The molecule has 2 amide bonds. The Morgan fingerprint density at radius 2 is 2.08 bits per heavy atom. The van der Waals surface area contributed by atoms with E-state index < -0.39 is 0 Å². The minimum Gasteiger partial charge on any atom is -0.482 e. The van der Waals surface area contributed by atoms with Crippen LogP contribution in [0.15, 0.2) is 18.2 Å². The highest BCUT2D eigenvalue weighted by Crippen LogP contribution is 2.30. The van der Waals surface area contributed by atoms with Crippen LogP contribution in [0, 0.1) is 0 Å². The average Bonchev–Trinajstić information content (AvgIpc) is 2.53. The lowest BCUT2D eigenvalue weighted by molar-refractivity contribution is -0.124. The summed E-state index contributed by atoms with van der Waals surface area (Å²) in [5.74, 6) is 0.485. The molecule has 0 saturated heterocycles. The van der Waals surface area contributed by atoms with Crippen LogP contribution in [0.5, 0.6) is 5.75 Å². The van der Waals surface area contributed by atoms with E-state index in [1.54, 1.807) is 0 Å². The van der Waals surface area contributed by atoms with Gasteiger partial charge in [-0.3, -0.25) is 14.9 Å². The summed E-state index contributed by atoms with van der Waals surface area (Å²) in [7, 11) is 0. The fourth-order valence-corrected chi connectivity index (χ4v) is 2.45. The lowest BCUT2D eigenvalue weighted by Gasteiger charge is -2.28. The van der Waals surface area contributed by atoms with Gasteiger partial charge >= 0.3 is 0 Å². The smallest absolute Gasteiger partial charge is 0.262 e. The second-order valence-corrected chi connectivity index (χ2v) is 6.93. The van der Waals surface area contributed by atoms with E-state index in [0.717, 1.165) is 12.0 Å². The molecule has 1 aromatic rings. The average molecular weight is 333 g/mol. The summed E-state index contributed by atoms with van der Waals surface area (Å²) in [5, 5.41) is 9.13. The number of nitrogens with one attached hydrogen (secondary N) is 3. The first-order valence-electron chi connectivity index (χ1n) is 8.36. The van der Waals surface area contributed by atoms with Gasteiger partial charge in [-0.25, -0.2) is 0 Å². The SMILES string of the molecule is CCC(C)(C)NC(=O)[C@@H](C)N[C@H](C)c1ccc2c(c1)NC(=O)CO2. The molecule has 0 bridgehead atoms. The molecular formula is C18H27N3O3. The molecule has 1 aromatic carbocycles. The Balaban J connectivity index is 2.01. The van der Waals surface area contributed by atoms with Crippen molar-refractivity contribution in [1.82, 2.24) is 10.6 Å². The highest BCUT2D eigenvalue weighted by Gasteiger charge is 2.23. The monoisotopic (exact) mass is 333 g/mol. The fraction of sp³-hybridized carbons (Fsp3) is 0.556. The topological polar surface area (TPSA) is 79.5 Å². The van der Waals surface area contributed by atoms with Crippen molar-refractivity contribution >= 4 is 17.5 Å². The van der Waals surface area contributed by atoms with Crippen LogP contribution in [0.4, 0.5) is 5.69 Å². The Labute approximate surface area is 143 Å². The number of carbonyl (C=O) groups excluding carboxylic acids is 2. The lowest BCUT2D eigenvalue weighted by atomic mass is 10.0. The van der Waals surface area contributed by atoms with Crippen LogP contribution in [0.25, 0.3) is 0 Å². The predicted octanol–water partition coefficient (Wildman–Crippen LogP) is 2.36. The van der Waals surface area contributed by atoms with Gasteiger partial charge in [0.2, 0.25) is 5.91 Å². The quantitative estimate of drug-likeness (QED) is 0.747. The molecule has 0 aliphatic carbocycles. The maximum Gasteiger partial charge on any atom is 0.262 e. The summed E-state index contributed by atoms with van der Waals surface area (Å²) in [6.07, 6.45) is 0.867. The van der Waals surface area contributed by atoms with E-state index in [4.69, 9.17) is 4.74 Å². The Morgan fingerprint density at radius 1 is 1.38 bits per heavy atom. The molecule has 0 aromatic heterocycles. The lowest BCUT2D eigenvalue weighted by Crippen LogP contribution is -2.51. The van der Waals surface area contributed by atoms with Gasteiger partial charge in [-0.15, -0.1) is 0 Å². The summed E-state index contributed by atoms with van der Waals surface area (Å²) in [5.41, 5.74) is 1.43. The van der Waals surface area contributed by atoms with Crippen molar-refractivity contribution in [1.29, 1.82) is 0 Å². The van der Waals surface area contributed by atoms with Crippen LogP contribution in [0.3, 0.4) is 0 Å². The van der Waals surface area contributed by atoms with Crippen molar-refractivity contribution in [3.05, 3.63) is 23.8 Å². The number of hydrogen-bond donors (Lipinski definition) is 3. The number of fused-ring (bicyclic) bond motifs is 1. The van der Waals surface area contributed by atoms with Crippen LogP contribution in [-0.2, 0) is 9.59 Å². The molecule has 132 valence electrons. The van der Waals surface area contributed by atoms with Crippen molar-refractivity contribution in [2.75, 3.05) is 11.9 Å². The molecule has 0 spiro atoms. The molecule has 2 atom stereocenters. The van der Waals surface area contributed by atoms with Gasteiger partial charge in [0.15, 0.2) is 6.61 Å². The van der Waals surface area contributed by atoms with Crippen molar-refractivity contribution in [3.8, 4) is 5.75 Å². The number of ether oxygens (including phenoxy) is 1. The number of benzene rings is 1. The molecule has 0 saturated carbocycles. The molecule has 0 fully saturated rings. The molecule has 24 heavy (non-hydrogen) atoms. The fourth-order valence-electron chi connectivity index (χ4n) is 2.45. The minimum absolute atomic E-state index is 0.0247. The number of hydrogen-bond acceptors (Lipinski definition) is 4. The van der Waals surface area contributed by atoms with E-state index in [-0.39, 0.29) is 36.0 Å². The summed E-state index contributed by atoms with van der Waals surface area (Å²) in [4.78, 5) is 23.7. The molecule has 0 radical (unpaired) electrons. The Kier molecular flexibility index (Phi) is 5.49. The first-order chi connectivity index (χ1) is 11.2. The maximum atomic E-state index is 12.3. The van der Waals surface area contributed by atoms with E-state index in [1.807, 2.05) is 52.8 Å². The van der Waals surface area contributed by atoms with Gasteiger partial charge in [-0.1, -0.05) is 13.0 Å². The summed E-state index contributed by atoms with van der Waals surface area (Å²) in [6.45, 7) is 9.94. The summed E-state index contributed by atoms with van der Waals surface area (Å²) in [6, 6.07) is 5.29. The molecule has 6 nitrogen and oxygen atoms in total. The van der Waals surface area contributed by atoms with E-state index in [1.165, 1.54) is 0 Å². The second kappa shape index (κ2) is 7.21. The Morgan fingerprint density at radius 3 is 2.75 bits per heavy atom. The third-order valence-electron chi connectivity index (χ3n) is 4.38. The number of anilines is 1. The van der Waals surface area contributed by atoms with Crippen molar-refractivity contribution in [2.24, 2.45) is 0 Å². The Hall–Kier alpha value is -2.08. The first-order valence-corrected chi connectivity index (χ1v) is 8.36. The zero-order valence-corrected chi connectivity index (χ0v) is 15.0. The predicted molar refractivity (Wildman–Crippen MR) is 94.1 cm³/mol. The molecule has 3 N–H and O–H groups in total. The van der Waals surface area contributed by atoms with Crippen LogP contribution in [0.2, 0.25) is 0 Å². The van der Waals surface area contributed by atoms with E-state index in [2.05, 4.69) is 16.0 Å². The zero-order valence-electron chi connectivity index (χ0n) is 15.0. The molecule has 2 rings (SSSR count). The number of rotatable bonds is 6. The third-order valence-corrected chi connectivity index (χ3v) is 4.38. The maximum absolute atomic E-state index is 12.3. The zero-order chi connectivity index (χ0) is 17.9. The van der Waals surface area contributed by atoms with E-state index in [9.17, 15) is 9.59 Å².